The summed E-state index contributed by atoms with van der Waals surface area (Å²) < 4.78 is 3.31. The maximum Gasteiger partial charge on any atom is 0.0994 e. The molecule has 0 atom stereocenters. The molecule has 0 fully saturated rings. The summed E-state index contributed by atoms with van der Waals surface area (Å²) >= 11 is 3.61. The minimum Gasteiger partial charge on any atom is -0.310 e. The van der Waals surface area contributed by atoms with E-state index in [1.807, 2.05) is 19.6 Å². The Kier molecular flexibility index (Phi) is 3.83. The lowest BCUT2D eigenvalue weighted by atomic mass is 10.0. The summed E-state index contributed by atoms with van der Waals surface area (Å²) in [6, 6.07) is 4.35. The molecule has 0 aliphatic carbocycles. The quantitative estimate of drug-likeness (QED) is 0.934. The highest BCUT2D eigenvalue weighted by Crippen LogP contribution is 2.27. The zero-order valence-corrected chi connectivity index (χ0v) is 13.7. The number of nitrogens with zero attached hydrogens (tertiary/aromatic N) is 2. The third kappa shape index (κ3) is 2.60. The highest BCUT2D eigenvalue weighted by Gasteiger charge is 2.23. The lowest BCUT2D eigenvalue weighted by Crippen LogP contribution is -2.35. The van der Waals surface area contributed by atoms with Gasteiger partial charge in [0.1, 0.15) is 0 Å². The van der Waals surface area contributed by atoms with Crippen molar-refractivity contribution in [2.45, 2.75) is 33.2 Å². The van der Waals surface area contributed by atoms with E-state index < -0.39 is 0 Å². The second-order valence-electron chi connectivity index (χ2n) is 5.42. The van der Waals surface area contributed by atoms with E-state index in [9.17, 15) is 0 Å². The average molecular weight is 322 g/mol. The van der Waals surface area contributed by atoms with Crippen LogP contribution in [-0.4, -0.2) is 16.6 Å². The van der Waals surface area contributed by atoms with Crippen LogP contribution in [0.3, 0.4) is 0 Å². The summed E-state index contributed by atoms with van der Waals surface area (Å²) in [6.45, 7) is 8.53. The molecule has 2 rings (SSSR count). The smallest absolute Gasteiger partial charge is 0.0994 e. The first kappa shape index (κ1) is 14.3. The molecule has 0 aliphatic heterocycles. The van der Waals surface area contributed by atoms with Crippen LogP contribution in [-0.2, 0) is 5.54 Å². The van der Waals surface area contributed by atoms with Crippen LogP contribution in [0, 0.1) is 13.8 Å². The van der Waals surface area contributed by atoms with Gasteiger partial charge >= 0.3 is 0 Å². The highest BCUT2D eigenvalue weighted by atomic mass is 79.9. The number of rotatable bonds is 3. The number of halogens is 1. The Morgan fingerprint density at radius 2 is 1.79 bits per heavy atom. The normalized spacial score (nSPS) is 11.9. The fourth-order valence-electron chi connectivity index (χ4n) is 2.15. The van der Waals surface area contributed by atoms with Gasteiger partial charge in [-0.05, 0) is 58.0 Å². The van der Waals surface area contributed by atoms with Crippen molar-refractivity contribution in [1.29, 1.82) is 0 Å². The molecule has 102 valence electrons. The summed E-state index contributed by atoms with van der Waals surface area (Å²) in [6.07, 6.45) is 3.79. The van der Waals surface area contributed by atoms with Gasteiger partial charge in [0.2, 0.25) is 0 Å². The highest BCUT2D eigenvalue weighted by molar-refractivity contribution is 9.10. The number of benzene rings is 1. The molecule has 0 aliphatic rings. The van der Waals surface area contributed by atoms with Gasteiger partial charge in [-0.15, -0.1) is 0 Å². The minimum atomic E-state index is -0.120. The monoisotopic (exact) mass is 321 g/mol. The average Bonchev–Trinajstić information content (AvgIpc) is 2.85. The molecule has 1 N–H and O–H groups in total. The van der Waals surface area contributed by atoms with Gasteiger partial charge in [0.05, 0.1) is 23.8 Å². The van der Waals surface area contributed by atoms with Crippen LogP contribution < -0.4 is 5.32 Å². The predicted octanol–water partition coefficient (Wildman–Crippen LogP) is 3.71. The Balaban J connectivity index is 2.58. The Labute approximate surface area is 123 Å². The third-order valence-corrected chi connectivity index (χ3v) is 4.85. The number of hydrogen-bond donors (Lipinski definition) is 1. The Bertz CT molecular complexity index is 576. The van der Waals surface area contributed by atoms with Crippen molar-refractivity contribution in [3.63, 3.8) is 0 Å². The molecule has 1 aromatic carbocycles. The second-order valence-corrected chi connectivity index (χ2v) is 6.21. The molecule has 2 aromatic rings. The molecule has 3 nitrogen and oxygen atoms in total. The van der Waals surface area contributed by atoms with E-state index in [1.165, 1.54) is 15.6 Å². The Hall–Kier alpha value is -1.13. The van der Waals surface area contributed by atoms with Crippen LogP contribution in [0.25, 0.3) is 5.69 Å². The topological polar surface area (TPSA) is 29.9 Å². The van der Waals surface area contributed by atoms with Gasteiger partial charge in [0.25, 0.3) is 0 Å². The standard InChI is InChI=1S/C15H20BrN3/c1-10-6-12(7-11(2)14(10)16)19-9-18-8-13(19)15(3,4)17-5/h6-9,17H,1-5H3. The zero-order chi connectivity index (χ0) is 14.2. The maximum atomic E-state index is 4.31. The fraction of sp³-hybridized carbons (Fsp3) is 0.400. The lowest BCUT2D eigenvalue weighted by molar-refractivity contribution is 0.424. The van der Waals surface area contributed by atoms with Crippen LogP contribution in [0.4, 0.5) is 0 Å². The van der Waals surface area contributed by atoms with Crippen LogP contribution in [0.15, 0.2) is 29.1 Å². The zero-order valence-electron chi connectivity index (χ0n) is 12.1. The molecule has 0 amide bonds. The third-order valence-electron chi connectivity index (χ3n) is 3.60. The molecule has 1 aromatic heterocycles. The van der Waals surface area contributed by atoms with Gasteiger partial charge in [0.15, 0.2) is 0 Å². The summed E-state index contributed by atoms with van der Waals surface area (Å²) in [4.78, 5) is 4.31. The Morgan fingerprint density at radius 1 is 1.21 bits per heavy atom. The first-order valence-corrected chi connectivity index (χ1v) is 7.15. The van der Waals surface area contributed by atoms with Gasteiger partial charge < -0.3 is 9.88 Å². The van der Waals surface area contributed by atoms with Gasteiger partial charge in [-0.25, -0.2) is 4.98 Å². The van der Waals surface area contributed by atoms with Crippen molar-refractivity contribution in [3.8, 4) is 5.69 Å². The first-order chi connectivity index (χ1) is 8.86. The number of hydrogen-bond acceptors (Lipinski definition) is 2. The van der Waals surface area contributed by atoms with Crippen molar-refractivity contribution in [1.82, 2.24) is 14.9 Å². The SMILES string of the molecule is CNC(C)(C)c1cncn1-c1cc(C)c(Br)c(C)c1. The van der Waals surface area contributed by atoms with Gasteiger partial charge in [-0.2, -0.15) is 0 Å². The molecular weight excluding hydrogens is 302 g/mol. The van der Waals surface area contributed by atoms with Crippen LogP contribution in [0.5, 0.6) is 0 Å². The van der Waals surface area contributed by atoms with E-state index in [0.29, 0.717) is 0 Å². The van der Waals surface area contributed by atoms with Crippen molar-refractivity contribution in [2.75, 3.05) is 7.05 Å². The summed E-state index contributed by atoms with van der Waals surface area (Å²) in [5.41, 5.74) is 4.64. The molecular formula is C15H20BrN3. The number of aryl methyl sites for hydroxylation is 2. The molecule has 4 heteroatoms. The molecule has 0 unspecified atom stereocenters. The van der Waals surface area contributed by atoms with E-state index in [4.69, 9.17) is 0 Å². The van der Waals surface area contributed by atoms with Gasteiger partial charge in [-0.1, -0.05) is 15.9 Å². The molecule has 0 radical (unpaired) electrons. The number of imidazole rings is 1. The van der Waals surface area contributed by atoms with E-state index in [0.717, 1.165) is 11.4 Å². The van der Waals surface area contributed by atoms with Crippen LogP contribution >= 0.6 is 15.9 Å². The van der Waals surface area contributed by atoms with E-state index >= 15 is 0 Å². The largest absolute Gasteiger partial charge is 0.310 e. The summed E-state index contributed by atoms with van der Waals surface area (Å²) in [5.74, 6) is 0. The second kappa shape index (κ2) is 5.10. The van der Waals surface area contributed by atoms with Crippen LogP contribution in [0.1, 0.15) is 30.7 Å². The molecule has 0 spiro atoms. The van der Waals surface area contributed by atoms with Crippen molar-refractivity contribution >= 4 is 15.9 Å². The van der Waals surface area contributed by atoms with Crippen LogP contribution in [0.2, 0.25) is 0 Å². The molecule has 0 bridgehead atoms. The summed E-state index contributed by atoms with van der Waals surface area (Å²) in [5, 5.41) is 3.32. The predicted molar refractivity (Wildman–Crippen MR) is 82.8 cm³/mol. The van der Waals surface area contributed by atoms with Gasteiger partial charge in [0, 0.05) is 10.2 Å². The van der Waals surface area contributed by atoms with E-state index in [2.05, 4.69) is 70.6 Å². The number of aromatic nitrogens is 2. The molecule has 19 heavy (non-hydrogen) atoms. The number of nitrogens with one attached hydrogen (secondary N) is 1. The first-order valence-electron chi connectivity index (χ1n) is 6.35. The molecule has 0 saturated carbocycles. The molecule has 0 saturated heterocycles. The van der Waals surface area contributed by atoms with E-state index in [1.54, 1.807) is 0 Å². The van der Waals surface area contributed by atoms with Crippen molar-refractivity contribution in [2.24, 2.45) is 0 Å². The lowest BCUT2D eigenvalue weighted by Gasteiger charge is -2.25. The molecule has 1 heterocycles. The summed E-state index contributed by atoms with van der Waals surface area (Å²) in [7, 11) is 1.97. The van der Waals surface area contributed by atoms with Gasteiger partial charge in [-0.3, -0.25) is 0 Å². The maximum absolute atomic E-state index is 4.31. The van der Waals surface area contributed by atoms with Crippen molar-refractivity contribution in [3.05, 3.63) is 46.0 Å². The van der Waals surface area contributed by atoms with Crippen molar-refractivity contribution < 1.29 is 0 Å². The minimum absolute atomic E-state index is 0.120. The Morgan fingerprint density at radius 3 is 2.32 bits per heavy atom. The van der Waals surface area contributed by atoms with E-state index in [-0.39, 0.29) is 5.54 Å². The fourth-order valence-corrected chi connectivity index (χ4v) is 2.38.